The summed E-state index contributed by atoms with van der Waals surface area (Å²) in [6.07, 6.45) is 4.00. The van der Waals surface area contributed by atoms with Crippen LogP contribution in [0.3, 0.4) is 0 Å². The van der Waals surface area contributed by atoms with Gasteiger partial charge in [0.05, 0.1) is 29.8 Å². The quantitative estimate of drug-likeness (QED) is 0.871. The molecule has 18 heavy (non-hydrogen) atoms. The SMILES string of the molecule is Cc1ncsc1Cn1cnc(CNCC(C)C)c1. The molecule has 0 spiro atoms. The van der Waals surface area contributed by atoms with E-state index in [2.05, 4.69) is 39.9 Å². The molecule has 0 amide bonds. The van der Waals surface area contributed by atoms with Gasteiger partial charge in [0.1, 0.15) is 0 Å². The molecule has 0 aliphatic rings. The molecule has 0 unspecified atom stereocenters. The summed E-state index contributed by atoms with van der Waals surface area (Å²) in [6.45, 7) is 9.20. The van der Waals surface area contributed by atoms with Crippen molar-refractivity contribution in [3.63, 3.8) is 0 Å². The van der Waals surface area contributed by atoms with Gasteiger partial charge in [-0.05, 0) is 19.4 Å². The van der Waals surface area contributed by atoms with Crippen LogP contribution in [0.15, 0.2) is 18.0 Å². The number of nitrogens with zero attached hydrogens (tertiary/aromatic N) is 3. The van der Waals surface area contributed by atoms with E-state index in [1.165, 1.54) is 4.88 Å². The number of hydrogen-bond acceptors (Lipinski definition) is 4. The Hall–Kier alpha value is -1.20. The predicted octanol–water partition coefficient (Wildman–Crippen LogP) is 2.44. The van der Waals surface area contributed by atoms with Crippen molar-refractivity contribution in [2.75, 3.05) is 6.54 Å². The third-order valence-corrected chi connectivity index (χ3v) is 3.64. The molecule has 98 valence electrons. The Bertz CT molecular complexity index is 487. The maximum atomic E-state index is 4.41. The Morgan fingerprint density at radius 3 is 2.89 bits per heavy atom. The van der Waals surface area contributed by atoms with Gasteiger partial charge in [-0.15, -0.1) is 11.3 Å². The smallest absolute Gasteiger partial charge is 0.0953 e. The zero-order valence-corrected chi connectivity index (χ0v) is 12.0. The second-order valence-corrected chi connectivity index (χ2v) is 5.86. The molecule has 0 saturated heterocycles. The first kappa shape index (κ1) is 13.2. The first-order valence-corrected chi connectivity index (χ1v) is 7.13. The second-order valence-electron chi connectivity index (χ2n) is 4.92. The molecule has 2 heterocycles. The largest absolute Gasteiger partial charge is 0.332 e. The highest BCUT2D eigenvalue weighted by Gasteiger charge is 2.04. The number of hydrogen-bond donors (Lipinski definition) is 1. The minimum Gasteiger partial charge on any atom is -0.332 e. The van der Waals surface area contributed by atoms with Crippen molar-refractivity contribution in [1.82, 2.24) is 19.9 Å². The fourth-order valence-corrected chi connectivity index (χ4v) is 2.50. The van der Waals surface area contributed by atoms with Crippen molar-refractivity contribution in [2.45, 2.75) is 33.9 Å². The van der Waals surface area contributed by atoms with Crippen LogP contribution in [0.1, 0.15) is 30.1 Å². The average Bonchev–Trinajstić information content (AvgIpc) is 2.90. The van der Waals surface area contributed by atoms with Gasteiger partial charge in [-0.2, -0.15) is 0 Å². The van der Waals surface area contributed by atoms with Crippen LogP contribution in [-0.2, 0) is 13.1 Å². The first-order chi connectivity index (χ1) is 8.65. The monoisotopic (exact) mass is 264 g/mol. The van der Waals surface area contributed by atoms with Gasteiger partial charge in [-0.25, -0.2) is 9.97 Å². The van der Waals surface area contributed by atoms with E-state index in [4.69, 9.17) is 0 Å². The third-order valence-electron chi connectivity index (χ3n) is 2.72. The lowest BCUT2D eigenvalue weighted by Crippen LogP contribution is -2.19. The van der Waals surface area contributed by atoms with E-state index >= 15 is 0 Å². The number of aromatic nitrogens is 3. The van der Waals surface area contributed by atoms with Gasteiger partial charge in [0.25, 0.3) is 0 Å². The van der Waals surface area contributed by atoms with Crippen molar-refractivity contribution in [1.29, 1.82) is 0 Å². The summed E-state index contributed by atoms with van der Waals surface area (Å²) in [6, 6.07) is 0. The minimum absolute atomic E-state index is 0.673. The molecule has 0 aliphatic heterocycles. The predicted molar refractivity (Wildman–Crippen MR) is 74.7 cm³/mol. The standard InChI is InChI=1S/C13H20N4S/c1-10(2)4-14-5-12-6-17(8-15-12)7-13-11(3)16-9-18-13/h6,8-10,14H,4-5,7H2,1-3H3. The van der Waals surface area contributed by atoms with E-state index in [1.807, 2.05) is 18.8 Å². The molecule has 0 aromatic carbocycles. The van der Waals surface area contributed by atoms with Crippen molar-refractivity contribution >= 4 is 11.3 Å². The zero-order valence-electron chi connectivity index (χ0n) is 11.2. The molecule has 2 aromatic rings. The van der Waals surface area contributed by atoms with Crippen LogP contribution in [0.4, 0.5) is 0 Å². The highest BCUT2D eigenvalue weighted by atomic mass is 32.1. The average molecular weight is 264 g/mol. The van der Waals surface area contributed by atoms with E-state index in [0.29, 0.717) is 5.92 Å². The number of aryl methyl sites for hydroxylation is 1. The highest BCUT2D eigenvalue weighted by molar-refractivity contribution is 7.09. The topological polar surface area (TPSA) is 42.7 Å². The molecular formula is C13H20N4S. The minimum atomic E-state index is 0.673. The maximum Gasteiger partial charge on any atom is 0.0953 e. The molecule has 1 N–H and O–H groups in total. The molecular weight excluding hydrogens is 244 g/mol. The van der Waals surface area contributed by atoms with Gasteiger partial charge in [-0.1, -0.05) is 13.8 Å². The van der Waals surface area contributed by atoms with E-state index in [0.717, 1.165) is 31.0 Å². The molecule has 0 atom stereocenters. The Kier molecular flexibility index (Phi) is 4.49. The van der Waals surface area contributed by atoms with Crippen LogP contribution in [0.25, 0.3) is 0 Å². The van der Waals surface area contributed by atoms with Crippen molar-refractivity contribution in [2.24, 2.45) is 5.92 Å². The van der Waals surface area contributed by atoms with Gasteiger partial charge in [0.2, 0.25) is 0 Å². The van der Waals surface area contributed by atoms with Gasteiger partial charge >= 0.3 is 0 Å². The fourth-order valence-electron chi connectivity index (χ4n) is 1.72. The van der Waals surface area contributed by atoms with Crippen LogP contribution in [0, 0.1) is 12.8 Å². The molecule has 0 saturated carbocycles. The molecule has 5 heteroatoms. The first-order valence-electron chi connectivity index (χ1n) is 6.25. The van der Waals surface area contributed by atoms with E-state index in [1.54, 1.807) is 11.3 Å². The zero-order chi connectivity index (χ0) is 13.0. The van der Waals surface area contributed by atoms with E-state index in [9.17, 15) is 0 Å². The van der Waals surface area contributed by atoms with E-state index < -0.39 is 0 Å². The van der Waals surface area contributed by atoms with Crippen molar-refractivity contribution < 1.29 is 0 Å². The number of thiazole rings is 1. The summed E-state index contributed by atoms with van der Waals surface area (Å²) in [5, 5.41) is 3.40. The molecule has 2 rings (SSSR count). The van der Waals surface area contributed by atoms with Crippen LogP contribution < -0.4 is 5.32 Å². The lowest BCUT2D eigenvalue weighted by Gasteiger charge is -2.04. The van der Waals surface area contributed by atoms with Crippen molar-refractivity contribution in [3.8, 4) is 0 Å². The molecule has 4 nitrogen and oxygen atoms in total. The van der Waals surface area contributed by atoms with Crippen LogP contribution in [-0.4, -0.2) is 21.1 Å². The molecule has 0 fully saturated rings. The lowest BCUT2D eigenvalue weighted by atomic mass is 10.2. The summed E-state index contributed by atoms with van der Waals surface area (Å²) < 4.78 is 2.12. The summed E-state index contributed by atoms with van der Waals surface area (Å²) in [5.41, 5.74) is 4.11. The summed E-state index contributed by atoms with van der Waals surface area (Å²) in [7, 11) is 0. The maximum absolute atomic E-state index is 4.41. The van der Waals surface area contributed by atoms with Gasteiger partial charge in [-0.3, -0.25) is 0 Å². The fraction of sp³-hybridized carbons (Fsp3) is 0.538. The summed E-state index contributed by atoms with van der Waals surface area (Å²) >= 11 is 1.70. The Balaban J connectivity index is 1.88. The Morgan fingerprint density at radius 1 is 1.39 bits per heavy atom. The number of rotatable bonds is 6. The van der Waals surface area contributed by atoms with Crippen LogP contribution in [0.2, 0.25) is 0 Å². The number of imidazole rings is 1. The molecule has 0 radical (unpaired) electrons. The Morgan fingerprint density at radius 2 is 2.22 bits per heavy atom. The van der Waals surface area contributed by atoms with Crippen molar-refractivity contribution in [3.05, 3.63) is 34.3 Å². The van der Waals surface area contributed by atoms with Gasteiger partial charge < -0.3 is 9.88 Å². The third kappa shape index (κ3) is 3.65. The van der Waals surface area contributed by atoms with Gasteiger partial charge in [0, 0.05) is 17.6 Å². The summed E-state index contributed by atoms with van der Waals surface area (Å²) in [4.78, 5) is 9.97. The van der Waals surface area contributed by atoms with E-state index in [-0.39, 0.29) is 0 Å². The number of nitrogens with one attached hydrogen (secondary N) is 1. The second kappa shape index (κ2) is 6.11. The molecule has 2 aromatic heterocycles. The van der Waals surface area contributed by atoms with Gasteiger partial charge in [0.15, 0.2) is 0 Å². The highest BCUT2D eigenvalue weighted by Crippen LogP contribution is 2.13. The van der Waals surface area contributed by atoms with Crippen LogP contribution >= 0.6 is 11.3 Å². The molecule has 0 aliphatic carbocycles. The molecule has 0 bridgehead atoms. The van der Waals surface area contributed by atoms with Crippen LogP contribution in [0.5, 0.6) is 0 Å². The normalized spacial score (nSPS) is 11.3. The lowest BCUT2D eigenvalue weighted by molar-refractivity contribution is 0.548. The Labute approximate surface area is 112 Å². The summed E-state index contributed by atoms with van der Waals surface area (Å²) in [5.74, 6) is 0.673.